The summed E-state index contributed by atoms with van der Waals surface area (Å²) in [5.74, 6) is -0.392. The highest BCUT2D eigenvalue weighted by Crippen LogP contribution is 2.20. The van der Waals surface area contributed by atoms with Gasteiger partial charge in [0.05, 0.1) is 12.7 Å². The Morgan fingerprint density at radius 1 is 1.44 bits per heavy atom. The van der Waals surface area contributed by atoms with Crippen LogP contribution in [0.2, 0.25) is 0 Å². The summed E-state index contributed by atoms with van der Waals surface area (Å²) in [6, 6.07) is -0.625. The van der Waals surface area contributed by atoms with Crippen LogP contribution in [0.3, 0.4) is 0 Å². The molecule has 0 spiro atoms. The summed E-state index contributed by atoms with van der Waals surface area (Å²) < 4.78 is 74.5. The first-order chi connectivity index (χ1) is 12.2. The molecule has 1 heterocycles. The lowest BCUT2D eigenvalue weighted by Gasteiger charge is -2.30. The molecule has 1 aliphatic rings. The fourth-order valence-corrected chi connectivity index (χ4v) is 2.03. The maximum atomic E-state index is 11.7. The van der Waals surface area contributed by atoms with Crippen molar-refractivity contribution in [3.63, 3.8) is 0 Å². The van der Waals surface area contributed by atoms with Gasteiger partial charge in [-0.2, -0.15) is 21.6 Å². The molecule has 160 valence electrons. The van der Waals surface area contributed by atoms with E-state index in [2.05, 4.69) is 6.58 Å². The summed E-state index contributed by atoms with van der Waals surface area (Å²) in [4.78, 5) is 11.7. The molecular formula is C15H26F3NO7S. The molecule has 1 fully saturated rings. The topological polar surface area (TPSA) is 125 Å². The summed E-state index contributed by atoms with van der Waals surface area (Å²) in [7, 11) is -5.84. The monoisotopic (exact) mass is 421 g/mol. The minimum Gasteiger partial charge on any atom is -0.459 e. The number of alkyl halides is 3. The second kappa shape index (κ2) is 11.0. The largest absolute Gasteiger partial charge is 0.522 e. The predicted octanol–water partition coefficient (Wildman–Crippen LogP) is 1.80. The molecule has 8 nitrogen and oxygen atoms in total. The zero-order valence-corrected chi connectivity index (χ0v) is 16.2. The standard InChI is InChI=1S/C14H25NO4.CHF3O3S/c1-5-12-13(18-8-9(2)3)10(4)19-14(16)11(15)6-7-17-12;2-1(3,4)8(5,6)7/h10-13H,2,5-8,15H2,1,3-4H3;(H,5,6,7)/t10-,11-,12+,13-;/m0./s1. The Bertz CT molecular complexity index is 595. The van der Waals surface area contributed by atoms with Crippen molar-refractivity contribution in [1.82, 2.24) is 0 Å². The number of rotatable bonds is 4. The summed E-state index contributed by atoms with van der Waals surface area (Å²) in [5, 5.41) is 0. The minimum absolute atomic E-state index is 0.104. The van der Waals surface area contributed by atoms with E-state index in [1.54, 1.807) is 0 Å². The van der Waals surface area contributed by atoms with E-state index in [1.165, 1.54) is 0 Å². The third-order valence-electron chi connectivity index (χ3n) is 3.41. The molecule has 3 N–H and O–H groups in total. The number of hydrogen-bond donors (Lipinski definition) is 2. The van der Waals surface area contributed by atoms with Gasteiger partial charge in [-0.15, -0.1) is 0 Å². The van der Waals surface area contributed by atoms with E-state index in [-0.39, 0.29) is 18.3 Å². The molecule has 27 heavy (non-hydrogen) atoms. The maximum Gasteiger partial charge on any atom is 0.522 e. The molecule has 0 bridgehead atoms. The van der Waals surface area contributed by atoms with Gasteiger partial charge in [0.2, 0.25) is 0 Å². The highest BCUT2D eigenvalue weighted by molar-refractivity contribution is 7.86. The fourth-order valence-electron chi connectivity index (χ4n) is 2.03. The molecule has 0 unspecified atom stereocenters. The van der Waals surface area contributed by atoms with Crippen LogP contribution in [-0.2, 0) is 29.1 Å². The van der Waals surface area contributed by atoms with Gasteiger partial charge >= 0.3 is 21.6 Å². The van der Waals surface area contributed by atoms with Crippen LogP contribution in [0.15, 0.2) is 12.2 Å². The van der Waals surface area contributed by atoms with Gasteiger partial charge in [0, 0.05) is 6.61 Å². The molecule has 0 aromatic heterocycles. The van der Waals surface area contributed by atoms with Gasteiger partial charge in [0.25, 0.3) is 0 Å². The summed E-state index contributed by atoms with van der Waals surface area (Å²) in [6.07, 6.45) is 0.470. The minimum atomic E-state index is -5.84. The van der Waals surface area contributed by atoms with Crippen molar-refractivity contribution in [1.29, 1.82) is 0 Å². The average molecular weight is 421 g/mol. The lowest BCUT2D eigenvalue weighted by atomic mass is 10.1. The number of nitrogens with two attached hydrogens (primary N) is 1. The van der Waals surface area contributed by atoms with E-state index < -0.39 is 27.6 Å². The van der Waals surface area contributed by atoms with Gasteiger partial charge in [0.15, 0.2) is 0 Å². The van der Waals surface area contributed by atoms with Crippen molar-refractivity contribution in [3.8, 4) is 0 Å². The lowest BCUT2D eigenvalue weighted by molar-refractivity contribution is -0.162. The van der Waals surface area contributed by atoms with Crippen molar-refractivity contribution in [2.24, 2.45) is 5.73 Å². The van der Waals surface area contributed by atoms with E-state index >= 15 is 0 Å². The molecule has 0 aromatic carbocycles. The fraction of sp³-hybridized carbons (Fsp3) is 0.800. The SMILES string of the molecule is C=C(C)CO[C@H]1[C@H](C)OC(=O)[C@@H](N)CCO[C@@H]1CC.O=S(=O)(O)C(F)(F)F. The van der Waals surface area contributed by atoms with E-state index in [4.69, 9.17) is 32.9 Å². The Morgan fingerprint density at radius 3 is 2.37 bits per heavy atom. The van der Waals surface area contributed by atoms with Crippen molar-refractivity contribution in [2.45, 2.75) is 63.5 Å². The van der Waals surface area contributed by atoms with Gasteiger partial charge in [-0.05, 0) is 26.7 Å². The normalized spacial score (nSPS) is 27.3. The first-order valence-electron chi connectivity index (χ1n) is 8.08. The highest BCUT2D eigenvalue weighted by Gasteiger charge is 2.44. The summed E-state index contributed by atoms with van der Waals surface area (Å²) in [6.45, 7) is 10.4. The van der Waals surface area contributed by atoms with Crippen LogP contribution in [-0.4, -0.2) is 62.0 Å². The number of halogens is 3. The molecule has 1 saturated heterocycles. The Hall–Kier alpha value is -1.21. The third-order valence-corrected chi connectivity index (χ3v) is 4.00. The van der Waals surface area contributed by atoms with Crippen LogP contribution in [0.4, 0.5) is 13.2 Å². The Labute approximate surface area is 156 Å². The van der Waals surface area contributed by atoms with E-state index in [1.807, 2.05) is 20.8 Å². The maximum absolute atomic E-state index is 11.7. The van der Waals surface area contributed by atoms with Crippen molar-refractivity contribution in [3.05, 3.63) is 12.2 Å². The molecule has 0 amide bonds. The van der Waals surface area contributed by atoms with Gasteiger partial charge in [0.1, 0.15) is 18.2 Å². The average Bonchev–Trinajstić information content (AvgIpc) is 2.55. The molecule has 0 aromatic rings. The first kappa shape index (κ1) is 25.8. The number of ether oxygens (including phenoxy) is 3. The van der Waals surface area contributed by atoms with E-state index in [9.17, 15) is 18.0 Å². The second-order valence-electron chi connectivity index (χ2n) is 6.01. The zero-order valence-electron chi connectivity index (χ0n) is 15.4. The third kappa shape index (κ3) is 9.51. The van der Waals surface area contributed by atoms with Crippen LogP contribution in [0.5, 0.6) is 0 Å². The van der Waals surface area contributed by atoms with E-state index in [0.717, 1.165) is 12.0 Å². The molecule has 0 aliphatic carbocycles. The van der Waals surface area contributed by atoms with Crippen LogP contribution < -0.4 is 5.73 Å². The zero-order chi connectivity index (χ0) is 21.4. The smallest absolute Gasteiger partial charge is 0.459 e. The molecule has 12 heteroatoms. The quantitative estimate of drug-likeness (QED) is 0.305. The Balaban J connectivity index is 0.000000713. The van der Waals surface area contributed by atoms with Crippen molar-refractivity contribution >= 4 is 16.1 Å². The first-order valence-corrected chi connectivity index (χ1v) is 9.52. The van der Waals surface area contributed by atoms with E-state index in [0.29, 0.717) is 19.6 Å². The summed E-state index contributed by atoms with van der Waals surface area (Å²) >= 11 is 0. The van der Waals surface area contributed by atoms with Gasteiger partial charge in [-0.25, -0.2) is 0 Å². The lowest BCUT2D eigenvalue weighted by Crippen LogP contribution is -2.42. The number of esters is 1. The van der Waals surface area contributed by atoms with Crippen molar-refractivity contribution < 1.29 is 45.1 Å². The Kier molecular flexibility index (Phi) is 10.5. The number of carbonyl (C=O) groups excluding carboxylic acids is 1. The van der Waals surface area contributed by atoms with Gasteiger partial charge in [-0.1, -0.05) is 19.1 Å². The molecular weight excluding hydrogens is 395 g/mol. The molecule has 4 atom stereocenters. The van der Waals surface area contributed by atoms with Crippen molar-refractivity contribution in [2.75, 3.05) is 13.2 Å². The molecule has 0 saturated carbocycles. The number of carbonyl (C=O) groups is 1. The molecule has 1 rings (SSSR count). The van der Waals surface area contributed by atoms with Crippen LogP contribution in [0.25, 0.3) is 0 Å². The highest BCUT2D eigenvalue weighted by atomic mass is 32.2. The van der Waals surface area contributed by atoms with Crippen LogP contribution in [0.1, 0.15) is 33.6 Å². The van der Waals surface area contributed by atoms with Crippen LogP contribution in [0, 0.1) is 0 Å². The number of cyclic esters (lactones) is 1. The van der Waals surface area contributed by atoms with Gasteiger partial charge in [-0.3, -0.25) is 9.35 Å². The summed E-state index contributed by atoms with van der Waals surface area (Å²) in [5.41, 5.74) is 1.11. The van der Waals surface area contributed by atoms with Gasteiger partial charge < -0.3 is 19.9 Å². The molecule has 0 radical (unpaired) electrons. The number of hydrogen-bond acceptors (Lipinski definition) is 7. The Morgan fingerprint density at radius 2 is 1.96 bits per heavy atom. The second-order valence-corrected chi connectivity index (χ2v) is 7.42. The molecule has 1 aliphatic heterocycles. The van der Waals surface area contributed by atoms with Crippen LogP contribution >= 0.6 is 0 Å². The predicted molar refractivity (Wildman–Crippen MR) is 90.3 cm³/mol.